The minimum atomic E-state index is -3.36. The number of anilines is 1. The molecule has 0 spiro atoms. The number of benzene rings is 1. The van der Waals surface area contributed by atoms with Crippen LogP contribution in [0.25, 0.3) is 15.8 Å². The van der Waals surface area contributed by atoms with Crippen LogP contribution in [0.15, 0.2) is 45.3 Å². The number of esters is 1. The molecule has 0 saturated carbocycles. The van der Waals surface area contributed by atoms with Gasteiger partial charge in [-0.15, -0.1) is 10.6 Å². The summed E-state index contributed by atoms with van der Waals surface area (Å²) in [4.78, 5) is 26.9. The maximum atomic E-state index is 11.4. The molecule has 5 rings (SSSR count). The molecule has 13 heteroatoms. The van der Waals surface area contributed by atoms with Gasteiger partial charge in [-0.2, -0.15) is 4.98 Å². The van der Waals surface area contributed by atoms with Crippen molar-refractivity contribution in [3.8, 4) is 5.19 Å². The summed E-state index contributed by atoms with van der Waals surface area (Å²) in [5.41, 5.74) is 2.72. The van der Waals surface area contributed by atoms with Crippen molar-refractivity contribution in [2.75, 3.05) is 31.6 Å². The molecular formula is C26H31N5O6S2. The first kappa shape index (κ1) is 27.3. The molecule has 0 radical (unpaired) electrons. The van der Waals surface area contributed by atoms with E-state index in [9.17, 15) is 13.9 Å². The predicted molar refractivity (Wildman–Crippen MR) is 153 cm³/mol. The first-order chi connectivity index (χ1) is 18.7. The number of hydrogen-bond acceptors (Lipinski definition) is 12. The van der Waals surface area contributed by atoms with Crippen LogP contribution in [0.1, 0.15) is 50.4 Å². The average Bonchev–Trinajstić information content (AvgIpc) is 3.59. The number of rotatable bonds is 7. The number of methoxy groups -OCH3 is 1. The average molecular weight is 574 g/mol. The smallest absolute Gasteiger partial charge is 0.331 e. The van der Waals surface area contributed by atoms with Crippen LogP contribution in [0, 0.1) is 0 Å². The Labute approximate surface area is 231 Å². The normalized spacial score (nSPS) is 17.5. The standard InChI is InChI=1S/C26H31N5O6S2/c1-16(2)24-29-25(37-30-24)31-11-7-19(8-12-31)36-26-28-20-5-4-17(14-21(20)38-26)18-6-10-27-22(15-18)39(33,34)13-9-23(32)35-3/h4-5,9,13-16,19,33-34H,6-8,10-12H2,1-3H3. The molecule has 0 atom stereocenters. The monoisotopic (exact) mass is 573 g/mol. The number of thiazole rings is 1. The molecule has 0 amide bonds. The number of hydrogen-bond donors (Lipinski definition) is 2. The van der Waals surface area contributed by atoms with E-state index in [-0.39, 0.29) is 17.1 Å². The SMILES string of the molecule is COC(=O)C=CS(O)(O)C1=NCCC(c2ccc3nc(OC4CCN(c5nc(C(C)C)no5)CC4)sc3c2)=C1. The Kier molecular flexibility index (Phi) is 8.03. The number of aromatic nitrogens is 3. The number of aliphatic imine (C=N–C) groups is 1. The Bertz CT molecular complexity index is 1440. The Morgan fingerprint density at radius 2 is 2.05 bits per heavy atom. The second kappa shape index (κ2) is 11.5. The van der Waals surface area contributed by atoms with Gasteiger partial charge in [-0.25, -0.2) is 9.78 Å². The molecule has 2 aliphatic heterocycles. The molecule has 0 unspecified atom stereocenters. The summed E-state index contributed by atoms with van der Waals surface area (Å²) in [6.45, 7) is 6.03. The topological polar surface area (TPSA) is 143 Å². The molecule has 2 aromatic heterocycles. The second-order valence-corrected chi connectivity index (χ2v) is 12.5. The van der Waals surface area contributed by atoms with Crippen LogP contribution in [0.2, 0.25) is 0 Å². The lowest BCUT2D eigenvalue weighted by atomic mass is 10.0. The molecule has 208 valence electrons. The van der Waals surface area contributed by atoms with Crippen molar-refractivity contribution >= 4 is 54.7 Å². The van der Waals surface area contributed by atoms with Crippen molar-refractivity contribution in [2.45, 2.75) is 45.1 Å². The molecule has 3 aromatic rings. The summed E-state index contributed by atoms with van der Waals surface area (Å²) < 4.78 is 38.2. The highest BCUT2D eigenvalue weighted by Gasteiger charge is 2.26. The quantitative estimate of drug-likeness (QED) is 0.276. The molecule has 39 heavy (non-hydrogen) atoms. The van der Waals surface area contributed by atoms with Crippen molar-refractivity contribution in [3.63, 3.8) is 0 Å². The van der Waals surface area contributed by atoms with Gasteiger partial charge in [0.05, 0.1) is 17.3 Å². The molecule has 0 bridgehead atoms. The van der Waals surface area contributed by atoms with Gasteiger partial charge in [0.25, 0.3) is 5.19 Å². The predicted octanol–water partition coefficient (Wildman–Crippen LogP) is 5.47. The van der Waals surface area contributed by atoms with E-state index in [1.54, 1.807) is 6.08 Å². The maximum Gasteiger partial charge on any atom is 0.331 e. The zero-order chi connectivity index (χ0) is 27.6. The van der Waals surface area contributed by atoms with E-state index >= 15 is 0 Å². The van der Waals surface area contributed by atoms with Gasteiger partial charge in [-0.1, -0.05) is 36.4 Å². The van der Waals surface area contributed by atoms with Crippen LogP contribution < -0.4 is 9.64 Å². The van der Waals surface area contributed by atoms with Crippen molar-refractivity contribution < 1.29 is 27.9 Å². The molecule has 11 nitrogen and oxygen atoms in total. The van der Waals surface area contributed by atoms with Crippen molar-refractivity contribution in [1.29, 1.82) is 0 Å². The van der Waals surface area contributed by atoms with Crippen LogP contribution in [0.5, 0.6) is 5.19 Å². The minimum absolute atomic E-state index is 0.0526. The fraction of sp³-hybridized carbons (Fsp3) is 0.423. The summed E-state index contributed by atoms with van der Waals surface area (Å²) in [6, 6.07) is 6.51. The van der Waals surface area contributed by atoms with Crippen LogP contribution >= 0.6 is 21.9 Å². The maximum absolute atomic E-state index is 11.4. The Balaban J connectivity index is 1.24. The number of ether oxygens (including phenoxy) is 2. The minimum Gasteiger partial charge on any atom is -0.467 e. The van der Waals surface area contributed by atoms with E-state index in [0.717, 1.165) is 58.8 Å². The van der Waals surface area contributed by atoms with Gasteiger partial charge in [0.15, 0.2) is 5.82 Å². The highest BCUT2D eigenvalue weighted by atomic mass is 32.3. The zero-order valence-corrected chi connectivity index (χ0v) is 23.6. The fourth-order valence-electron chi connectivity index (χ4n) is 4.30. The molecule has 0 aliphatic carbocycles. The Hall–Kier alpha value is -3.26. The number of piperidine rings is 1. The third-order valence-corrected chi connectivity index (χ3v) is 8.80. The van der Waals surface area contributed by atoms with Crippen molar-refractivity contribution in [1.82, 2.24) is 15.1 Å². The summed E-state index contributed by atoms with van der Waals surface area (Å²) in [7, 11) is -2.14. The second-order valence-electron chi connectivity index (χ2n) is 9.61. The van der Waals surface area contributed by atoms with Crippen molar-refractivity contribution in [3.05, 3.63) is 47.1 Å². The molecule has 2 aliphatic rings. The molecule has 4 heterocycles. The summed E-state index contributed by atoms with van der Waals surface area (Å²) in [6.07, 6.45) is 5.05. The Morgan fingerprint density at radius 1 is 1.26 bits per heavy atom. The highest BCUT2D eigenvalue weighted by molar-refractivity contribution is 8.39. The first-order valence-corrected chi connectivity index (χ1v) is 15.1. The Morgan fingerprint density at radius 3 is 2.77 bits per heavy atom. The highest BCUT2D eigenvalue weighted by Crippen LogP contribution is 2.45. The number of fused-ring (bicyclic) bond motifs is 1. The first-order valence-electron chi connectivity index (χ1n) is 12.7. The van der Waals surface area contributed by atoms with Gasteiger partial charge in [-0.3, -0.25) is 14.1 Å². The van der Waals surface area contributed by atoms with E-state index < -0.39 is 16.6 Å². The summed E-state index contributed by atoms with van der Waals surface area (Å²) in [5, 5.41) is 5.87. The van der Waals surface area contributed by atoms with Crippen molar-refractivity contribution in [2.24, 2.45) is 4.99 Å². The lowest BCUT2D eigenvalue weighted by molar-refractivity contribution is -0.134. The van der Waals surface area contributed by atoms with E-state index in [1.807, 2.05) is 32.0 Å². The zero-order valence-electron chi connectivity index (χ0n) is 21.9. The van der Waals surface area contributed by atoms with E-state index in [1.165, 1.54) is 18.4 Å². The molecule has 1 saturated heterocycles. The fourth-order valence-corrected chi connectivity index (χ4v) is 6.26. The molecule has 1 fully saturated rings. The van der Waals surface area contributed by atoms with E-state index in [4.69, 9.17) is 9.26 Å². The van der Waals surface area contributed by atoms with Crippen LogP contribution in [0.3, 0.4) is 0 Å². The third kappa shape index (κ3) is 6.32. The summed E-state index contributed by atoms with van der Waals surface area (Å²) >= 11 is 1.49. The molecule has 2 N–H and O–H groups in total. The number of dihydropyridines is 1. The van der Waals surface area contributed by atoms with Crippen LogP contribution in [-0.4, -0.2) is 68.1 Å². The summed E-state index contributed by atoms with van der Waals surface area (Å²) in [5.74, 6) is 0.275. The van der Waals surface area contributed by atoms with Gasteiger partial charge >= 0.3 is 12.0 Å². The van der Waals surface area contributed by atoms with Gasteiger partial charge in [0.2, 0.25) is 0 Å². The van der Waals surface area contributed by atoms with Crippen LogP contribution in [-0.2, 0) is 9.53 Å². The van der Waals surface area contributed by atoms with Gasteiger partial charge in [0, 0.05) is 49.9 Å². The number of carbonyl (C=O) groups excluding carboxylic acids is 1. The van der Waals surface area contributed by atoms with E-state index in [2.05, 4.69) is 29.8 Å². The van der Waals surface area contributed by atoms with Gasteiger partial charge < -0.3 is 18.9 Å². The van der Waals surface area contributed by atoms with Gasteiger partial charge in [-0.05, 0) is 35.8 Å². The van der Waals surface area contributed by atoms with E-state index in [0.29, 0.717) is 30.0 Å². The van der Waals surface area contributed by atoms with Gasteiger partial charge in [0.1, 0.15) is 11.1 Å². The lowest BCUT2D eigenvalue weighted by Gasteiger charge is -2.30. The van der Waals surface area contributed by atoms with Crippen LogP contribution in [0.4, 0.5) is 6.01 Å². The number of nitrogens with zero attached hydrogens (tertiary/aromatic N) is 5. The third-order valence-electron chi connectivity index (χ3n) is 6.52. The largest absolute Gasteiger partial charge is 0.467 e. The lowest BCUT2D eigenvalue weighted by Crippen LogP contribution is -2.38. The number of carbonyl (C=O) groups is 1. The molecule has 1 aromatic carbocycles. The molecular weight excluding hydrogens is 542 g/mol.